The number of H-pyrrole nitrogens is 1. The molecule has 0 fully saturated rings. The van der Waals surface area contributed by atoms with Crippen molar-refractivity contribution in [2.75, 3.05) is 0 Å². The number of pyridine rings is 1. The van der Waals surface area contributed by atoms with Crippen LogP contribution < -0.4 is 5.73 Å². The monoisotopic (exact) mass is 300 g/mol. The molecule has 1 aliphatic carbocycles. The van der Waals surface area contributed by atoms with Gasteiger partial charge >= 0.3 is 0 Å². The third kappa shape index (κ3) is 2.05. The van der Waals surface area contributed by atoms with Gasteiger partial charge in [-0.3, -0.25) is 4.79 Å². The Labute approximate surface area is 123 Å². The Balaban J connectivity index is 2.08. The van der Waals surface area contributed by atoms with Crippen LogP contribution in [0.25, 0.3) is 11.0 Å². The summed E-state index contributed by atoms with van der Waals surface area (Å²) in [5, 5.41) is 9.24. The van der Waals surface area contributed by atoms with Crippen LogP contribution in [0.15, 0.2) is 42.1 Å². The average molecular weight is 300 g/mol. The zero-order valence-corrected chi connectivity index (χ0v) is 11.2. The molecule has 0 saturated carbocycles. The van der Waals surface area contributed by atoms with Crippen LogP contribution in [0.1, 0.15) is 15.9 Å². The molecule has 2 unspecified atom stereocenters. The first kappa shape index (κ1) is 13.9. The highest BCUT2D eigenvalue weighted by molar-refractivity contribution is 6.09. The van der Waals surface area contributed by atoms with Gasteiger partial charge in [0.05, 0.1) is 5.56 Å². The number of alkyl halides is 1. The Morgan fingerprint density at radius 2 is 2.23 bits per heavy atom. The van der Waals surface area contributed by atoms with Gasteiger partial charge in [0.15, 0.2) is 12.0 Å². The molecule has 22 heavy (non-hydrogen) atoms. The standard InChI is InChI=1S/C15H10F2N4O/c16-10-1-2-11(19)13(17)12(10)14(22)9-6-21-15-8(9)3-7(4-18)5-20-15/h1-3,5-6,12-13H,19H2,(H,20,21). The Morgan fingerprint density at radius 1 is 1.45 bits per heavy atom. The minimum atomic E-state index is -1.92. The third-order valence-electron chi connectivity index (χ3n) is 3.55. The maximum atomic E-state index is 14.1. The molecule has 7 heteroatoms. The number of halogens is 2. The van der Waals surface area contributed by atoms with E-state index in [4.69, 9.17) is 11.0 Å². The second kappa shape index (κ2) is 5.07. The summed E-state index contributed by atoms with van der Waals surface area (Å²) in [5.74, 6) is -3.25. The number of ketones is 1. The van der Waals surface area contributed by atoms with Gasteiger partial charge in [-0.2, -0.15) is 5.26 Å². The number of aromatic amines is 1. The van der Waals surface area contributed by atoms with E-state index in [1.54, 1.807) is 0 Å². The smallest absolute Gasteiger partial charge is 0.178 e. The lowest BCUT2D eigenvalue weighted by atomic mass is 9.87. The van der Waals surface area contributed by atoms with Crippen molar-refractivity contribution in [2.24, 2.45) is 11.7 Å². The van der Waals surface area contributed by atoms with Gasteiger partial charge in [0.1, 0.15) is 23.5 Å². The maximum absolute atomic E-state index is 14.1. The van der Waals surface area contributed by atoms with Crippen LogP contribution in [-0.4, -0.2) is 21.9 Å². The summed E-state index contributed by atoms with van der Waals surface area (Å²) >= 11 is 0. The van der Waals surface area contributed by atoms with Gasteiger partial charge in [-0.1, -0.05) is 0 Å². The lowest BCUT2D eigenvalue weighted by molar-refractivity contribution is 0.0872. The molecule has 2 aromatic heterocycles. The molecule has 0 aliphatic heterocycles. The summed E-state index contributed by atoms with van der Waals surface area (Å²) in [6.45, 7) is 0. The molecule has 0 bridgehead atoms. The van der Waals surface area contributed by atoms with Crippen molar-refractivity contribution in [3.05, 3.63) is 53.3 Å². The van der Waals surface area contributed by atoms with Gasteiger partial charge in [-0.25, -0.2) is 13.8 Å². The number of hydrogen-bond acceptors (Lipinski definition) is 4. The molecule has 3 N–H and O–H groups in total. The Bertz CT molecular complexity index is 875. The molecule has 3 rings (SSSR count). The fourth-order valence-electron chi connectivity index (χ4n) is 2.40. The van der Waals surface area contributed by atoms with Crippen molar-refractivity contribution in [1.82, 2.24) is 9.97 Å². The van der Waals surface area contributed by atoms with Crippen LogP contribution in [0.3, 0.4) is 0 Å². The number of nitriles is 1. The zero-order valence-electron chi connectivity index (χ0n) is 11.2. The second-order valence-electron chi connectivity index (χ2n) is 4.90. The van der Waals surface area contributed by atoms with Gasteiger partial charge in [0, 0.05) is 29.0 Å². The van der Waals surface area contributed by atoms with E-state index in [9.17, 15) is 13.6 Å². The summed E-state index contributed by atoms with van der Waals surface area (Å²) in [6.07, 6.45) is 2.84. The van der Waals surface area contributed by atoms with Crippen molar-refractivity contribution < 1.29 is 13.6 Å². The number of nitrogens with two attached hydrogens (primary N) is 1. The normalized spacial score (nSPS) is 21.1. The zero-order chi connectivity index (χ0) is 15.9. The number of Topliss-reactive ketones (excluding diaryl/α,β-unsaturated/α-hetero) is 1. The quantitative estimate of drug-likeness (QED) is 0.832. The van der Waals surface area contributed by atoms with Crippen LogP contribution in [0.2, 0.25) is 0 Å². The van der Waals surface area contributed by atoms with Crippen LogP contribution >= 0.6 is 0 Å². The van der Waals surface area contributed by atoms with E-state index in [0.717, 1.165) is 12.2 Å². The number of nitrogens with zero attached hydrogens (tertiary/aromatic N) is 2. The molecule has 0 spiro atoms. The summed E-state index contributed by atoms with van der Waals surface area (Å²) in [4.78, 5) is 19.2. The van der Waals surface area contributed by atoms with Gasteiger partial charge in [-0.15, -0.1) is 0 Å². The minimum Gasteiger partial charge on any atom is -0.400 e. The molecule has 110 valence electrons. The Kier molecular flexibility index (Phi) is 3.22. The van der Waals surface area contributed by atoms with E-state index >= 15 is 0 Å². The molecule has 2 heterocycles. The van der Waals surface area contributed by atoms with Crippen molar-refractivity contribution in [3.8, 4) is 6.07 Å². The van der Waals surface area contributed by atoms with Crippen molar-refractivity contribution >= 4 is 16.8 Å². The van der Waals surface area contributed by atoms with Crippen LogP contribution in [0, 0.1) is 17.2 Å². The predicted molar refractivity (Wildman–Crippen MR) is 75.0 cm³/mol. The highest BCUT2D eigenvalue weighted by atomic mass is 19.1. The first-order valence-electron chi connectivity index (χ1n) is 6.41. The van der Waals surface area contributed by atoms with Crippen molar-refractivity contribution in [3.63, 3.8) is 0 Å². The van der Waals surface area contributed by atoms with Crippen LogP contribution in [0.4, 0.5) is 8.78 Å². The van der Waals surface area contributed by atoms with Gasteiger partial charge in [0.2, 0.25) is 0 Å². The topological polar surface area (TPSA) is 95.6 Å². The predicted octanol–water partition coefficient (Wildman–Crippen LogP) is 2.28. The summed E-state index contributed by atoms with van der Waals surface area (Å²) in [7, 11) is 0. The Morgan fingerprint density at radius 3 is 2.95 bits per heavy atom. The van der Waals surface area contributed by atoms with E-state index in [1.807, 2.05) is 6.07 Å². The van der Waals surface area contributed by atoms with E-state index in [2.05, 4.69) is 9.97 Å². The molecule has 0 amide bonds. The summed E-state index contributed by atoms with van der Waals surface area (Å²) < 4.78 is 28.0. The van der Waals surface area contributed by atoms with E-state index in [0.29, 0.717) is 11.0 Å². The molecule has 0 aromatic carbocycles. The molecule has 1 aliphatic rings. The molecule has 0 radical (unpaired) electrons. The third-order valence-corrected chi connectivity index (χ3v) is 3.55. The number of carbonyl (C=O) groups excluding carboxylic acids is 1. The molecule has 0 saturated heterocycles. The van der Waals surface area contributed by atoms with Crippen molar-refractivity contribution in [2.45, 2.75) is 6.17 Å². The number of carbonyl (C=O) groups is 1. The van der Waals surface area contributed by atoms with Crippen molar-refractivity contribution in [1.29, 1.82) is 5.26 Å². The molecular weight excluding hydrogens is 290 g/mol. The number of rotatable bonds is 2. The van der Waals surface area contributed by atoms with Gasteiger partial charge < -0.3 is 10.7 Å². The number of fused-ring (bicyclic) bond motifs is 1. The number of nitrogens with one attached hydrogen (secondary N) is 1. The summed E-state index contributed by atoms with van der Waals surface area (Å²) in [5.41, 5.74) is 5.93. The Hall–Kier alpha value is -3.01. The second-order valence-corrected chi connectivity index (χ2v) is 4.90. The van der Waals surface area contributed by atoms with E-state index in [1.165, 1.54) is 18.5 Å². The average Bonchev–Trinajstić information content (AvgIpc) is 2.94. The molecule has 2 aromatic rings. The largest absolute Gasteiger partial charge is 0.400 e. The van der Waals surface area contributed by atoms with E-state index in [-0.39, 0.29) is 16.8 Å². The molecule has 2 atom stereocenters. The lowest BCUT2D eigenvalue weighted by Crippen LogP contribution is -2.32. The fraction of sp³-hybridized carbons (Fsp3) is 0.133. The first-order chi connectivity index (χ1) is 10.5. The SMILES string of the molecule is N#Cc1cnc2[nH]cc(C(=O)C3C(F)=CC=C(N)C3F)c2c1. The molecule has 5 nitrogen and oxygen atoms in total. The number of aromatic nitrogens is 2. The minimum absolute atomic E-state index is 0.0745. The fourth-order valence-corrected chi connectivity index (χ4v) is 2.40. The van der Waals surface area contributed by atoms with Crippen LogP contribution in [-0.2, 0) is 0 Å². The lowest BCUT2D eigenvalue weighted by Gasteiger charge is -2.21. The van der Waals surface area contributed by atoms with Crippen LogP contribution in [0.5, 0.6) is 0 Å². The van der Waals surface area contributed by atoms with Gasteiger partial charge in [-0.05, 0) is 18.2 Å². The van der Waals surface area contributed by atoms with Gasteiger partial charge in [0.25, 0.3) is 0 Å². The molecular formula is C15H10F2N4O. The number of hydrogen-bond donors (Lipinski definition) is 2. The number of allylic oxidation sites excluding steroid dienone is 4. The highest BCUT2D eigenvalue weighted by Gasteiger charge is 2.37. The summed E-state index contributed by atoms with van der Waals surface area (Å²) in [6, 6.07) is 3.35. The highest BCUT2D eigenvalue weighted by Crippen LogP contribution is 2.32. The van der Waals surface area contributed by atoms with E-state index < -0.39 is 23.7 Å². The maximum Gasteiger partial charge on any atom is 0.178 e. The first-order valence-corrected chi connectivity index (χ1v) is 6.41.